The van der Waals surface area contributed by atoms with Gasteiger partial charge in [0.05, 0.1) is 17.5 Å². The van der Waals surface area contributed by atoms with Crippen LogP contribution >= 0.6 is 11.3 Å². The third-order valence-electron chi connectivity index (χ3n) is 4.71. The van der Waals surface area contributed by atoms with Crippen molar-refractivity contribution in [2.24, 2.45) is 0 Å². The van der Waals surface area contributed by atoms with Crippen LogP contribution in [0.1, 0.15) is 10.6 Å². The Morgan fingerprint density at radius 3 is 2.61 bits per heavy atom. The number of thiazole rings is 1. The molecule has 0 atom stereocenters. The summed E-state index contributed by atoms with van der Waals surface area (Å²) in [4.78, 5) is 34.4. The zero-order chi connectivity index (χ0) is 19.7. The molecular weight excluding hydrogens is 383 g/mol. The first-order valence-corrected chi connectivity index (χ1v) is 9.71. The van der Waals surface area contributed by atoms with Crippen molar-refractivity contribution in [3.8, 4) is 0 Å². The number of rotatable bonds is 4. The molecule has 28 heavy (non-hydrogen) atoms. The molecule has 0 aliphatic carbocycles. The molecule has 0 spiro atoms. The van der Waals surface area contributed by atoms with Crippen LogP contribution in [0, 0.1) is 5.82 Å². The number of halogens is 1. The molecule has 0 bridgehead atoms. The van der Waals surface area contributed by atoms with Crippen molar-refractivity contribution in [2.45, 2.75) is 0 Å². The molecule has 0 radical (unpaired) electrons. The summed E-state index contributed by atoms with van der Waals surface area (Å²) >= 11 is 1.35. The zero-order valence-corrected chi connectivity index (χ0v) is 16.1. The second kappa shape index (κ2) is 7.59. The monoisotopic (exact) mass is 402 g/mol. The molecule has 0 N–H and O–H groups in total. The van der Waals surface area contributed by atoms with Gasteiger partial charge in [-0.1, -0.05) is 17.4 Å². The summed E-state index contributed by atoms with van der Waals surface area (Å²) in [6.07, 6.45) is 1.47. The van der Waals surface area contributed by atoms with Crippen LogP contribution in [0.25, 0.3) is 10.2 Å². The van der Waals surface area contributed by atoms with Gasteiger partial charge in [0.1, 0.15) is 11.3 Å². The summed E-state index contributed by atoms with van der Waals surface area (Å²) in [5, 5.41) is 0.597. The van der Waals surface area contributed by atoms with Crippen LogP contribution in [-0.4, -0.2) is 66.4 Å². The SMILES string of the molecule is CN(CC(=O)N1CCN(C(=O)c2ccco2)CC1)c1nc2c(F)cccc2s1. The van der Waals surface area contributed by atoms with Gasteiger partial charge in [-0.25, -0.2) is 9.37 Å². The van der Waals surface area contributed by atoms with E-state index in [0.29, 0.717) is 42.6 Å². The van der Waals surface area contributed by atoms with Gasteiger partial charge in [-0.15, -0.1) is 0 Å². The number of aromatic nitrogens is 1. The maximum Gasteiger partial charge on any atom is 0.289 e. The van der Waals surface area contributed by atoms with Crippen LogP contribution in [0.5, 0.6) is 0 Å². The summed E-state index contributed by atoms with van der Waals surface area (Å²) in [6, 6.07) is 8.14. The van der Waals surface area contributed by atoms with E-state index in [2.05, 4.69) is 4.98 Å². The molecule has 1 fully saturated rings. The van der Waals surface area contributed by atoms with E-state index < -0.39 is 0 Å². The second-order valence-electron chi connectivity index (χ2n) is 6.59. The maximum absolute atomic E-state index is 13.8. The Bertz CT molecular complexity index is 996. The first-order valence-electron chi connectivity index (χ1n) is 8.89. The molecule has 3 aromatic rings. The van der Waals surface area contributed by atoms with E-state index in [4.69, 9.17) is 4.42 Å². The summed E-state index contributed by atoms with van der Waals surface area (Å²) in [5.74, 6) is -0.266. The van der Waals surface area contributed by atoms with Crippen LogP contribution in [0.2, 0.25) is 0 Å². The molecule has 1 aliphatic rings. The molecule has 1 aromatic carbocycles. The van der Waals surface area contributed by atoms with Gasteiger partial charge >= 0.3 is 0 Å². The number of piperazine rings is 1. The quantitative estimate of drug-likeness (QED) is 0.671. The highest BCUT2D eigenvalue weighted by atomic mass is 32.1. The second-order valence-corrected chi connectivity index (χ2v) is 7.60. The van der Waals surface area contributed by atoms with E-state index in [0.717, 1.165) is 4.70 Å². The lowest BCUT2D eigenvalue weighted by Crippen LogP contribution is -2.52. The number of likely N-dealkylation sites (N-methyl/N-ethyl adjacent to an activating group) is 1. The zero-order valence-electron chi connectivity index (χ0n) is 15.3. The average molecular weight is 402 g/mol. The van der Waals surface area contributed by atoms with Gasteiger partial charge in [-0.3, -0.25) is 9.59 Å². The highest BCUT2D eigenvalue weighted by Crippen LogP contribution is 2.29. The summed E-state index contributed by atoms with van der Waals surface area (Å²) < 4.78 is 19.7. The van der Waals surface area contributed by atoms with Crippen molar-refractivity contribution < 1.29 is 18.4 Å². The summed E-state index contributed by atoms with van der Waals surface area (Å²) in [6.45, 7) is 2.00. The molecule has 1 aliphatic heterocycles. The smallest absolute Gasteiger partial charge is 0.289 e. The first-order chi connectivity index (χ1) is 13.5. The Morgan fingerprint density at radius 1 is 1.18 bits per heavy atom. The van der Waals surface area contributed by atoms with Gasteiger partial charge in [0.25, 0.3) is 5.91 Å². The normalized spacial score (nSPS) is 14.5. The third-order valence-corrected chi connectivity index (χ3v) is 5.84. The molecule has 4 rings (SSSR count). The number of hydrogen-bond acceptors (Lipinski definition) is 6. The Morgan fingerprint density at radius 2 is 1.93 bits per heavy atom. The van der Waals surface area contributed by atoms with E-state index in [1.54, 1.807) is 39.9 Å². The Kier molecular flexibility index (Phi) is 4.99. The maximum atomic E-state index is 13.8. The molecule has 146 valence electrons. The summed E-state index contributed by atoms with van der Waals surface area (Å²) in [5.41, 5.74) is 0.326. The first kappa shape index (κ1) is 18.4. The van der Waals surface area contributed by atoms with Crippen LogP contribution in [0.15, 0.2) is 41.0 Å². The van der Waals surface area contributed by atoms with Crippen molar-refractivity contribution in [1.29, 1.82) is 0 Å². The number of hydrogen-bond donors (Lipinski definition) is 0. The number of carbonyl (C=O) groups excluding carboxylic acids is 2. The number of carbonyl (C=O) groups is 2. The molecular formula is C19H19FN4O3S. The van der Waals surface area contributed by atoms with Gasteiger partial charge < -0.3 is 19.1 Å². The third kappa shape index (κ3) is 3.57. The minimum Gasteiger partial charge on any atom is -0.459 e. The number of benzene rings is 1. The number of amides is 2. The van der Waals surface area contributed by atoms with Gasteiger partial charge in [0.15, 0.2) is 10.9 Å². The summed E-state index contributed by atoms with van der Waals surface area (Å²) in [7, 11) is 1.77. The van der Waals surface area contributed by atoms with Crippen LogP contribution in [-0.2, 0) is 4.79 Å². The Hall–Kier alpha value is -2.94. The van der Waals surface area contributed by atoms with Crippen molar-refractivity contribution in [2.75, 3.05) is 44.7 Å². The minimum absolute atomic E-state index is 0.0488. The number of para-hydroxylation sites is 1. The lowest BCUT2D eigenvalue weighted by atomic mass is 10.2. The van der Waals surface area contributed by atoms with Crippen LogP contribution < -0.4 is 4.90 Å². The molecule has 0 unspecified atom stereocenters. The fourth-order valence-corrected chi connectivity index (χ4v) is 4.09. The van der Waals surface area contributed by atoms with Crippen molar-refractivity contribution in [3.05, 3.63) is 48.2 Å². The predicted octanol–water partition coefficient (Wildman–Crippen LogP) is 2.45. The predicted molar refractivity (Wildman–Crippen MR) is 104 cm³/mol. The van der Waals surface area contributed by atoms with Crippen LogP contribution in [0.4, 0.5) is 9.52 Å². The Labute approximate surface area is 165 Å². The number of anilines is 1. The molecule has 3 heterocycles. The van der Waals surface area contributed by atoms with E-state index in [-0.39, 0.29) is 24.2 Å². The van der Waals surface area contributed by atoms with Gasteiger partial charge in [0.2, 0.25) is 5.91 Å². The standard InChI is InChI=1S/C19H19FN4O3S/c1-22(19-21-17-13(20)4-2-6-15(17)28-19)12-16(25)23-7-9-24(10-8-23)18(26)14-5-3-11-27-14/h2-6,11H,7-10,12H2,1H3. The molecule has 2 aromatic heterocycles. The Balaban J connectivity index is 1.35. The van der Waals surface area contributed by atoms with E-state index in [1.165, 1.54) is 23.7 Å². The highest BCUT2D eigenvalue weighted by Gasteiger charge is 2.26. The number of nitrogens with zero attached hydrogens (tertiary/aromatic N) is 4. The molecule has 1 saturated heterocycles. The fourth-order valence-electron chi connectivity index (χ4n) is 3.15. The fraction of sp³-hybridized carbons (Fsp3) is 0.316. The van der Waals surface area contributed by atoms with Crippen molar-refractivity contribution >= 4 is 38.5 Å². The van der Waals surface area contributed by atoms with E-state index in [9.17, 15) is 14.0 Å². The van der Waals surface area contributed by atoms with E-state index >= 15 is 0 Å². The lowest BCUT2D eigenvalue weighted by molar-refractivity contribution is -0.131. The minimum atomic E-state index is -0.364. The van der Waals surface area contributed by atoms with Gasteiger partial charge in [-0.05, 0) is 24.3 Å². The van der Waals surface area contributed by atoms with Crippen LogP contribution in [0.3, 0.4) is 0 Å². The molecule has 9 heteroatoms. The van der Waals surface area contributed by atoms with E-state index in [1.807, 2.05) is 6.07 Å². The number of furan rings is 1. The van der Waals surface area contributed by atoms with Crippen molar-refractivity contribution in [3.63, 3.8) is 0 Å². The average Bonchev–Trinajstić information content (AvgIpc) is 3.38. The highest BCUT2D eigenvalue weighted by molar-refractivity contribution is 7.22. The number of fused-ring (bicyclic) bond motifs is 1. The lowest BCUT2D eigenvalue weighted by Gasteiger charge is -2.35. The largest absolute Gasteiger partial charge is 0.459 e. The van der Waals surface area contributed by atoms with Crippen molar-refractivity contribution in [1.82, 2.24) is 14.8 Å². The van der Waals surface area contributed by atoms with Gasteiger partial charge in [0, 0.05) is 33.2 Å². The molecule has 7 nitrogen and oxygen atoms in total. The molecule has 2 amide bonds. The molecule has 0 saturated carbocycles. The topological polar surface area (TPSA) is 69.9 Å². The van der Waals surface area contributed by atoms with Gasteiger partial charge in [-0.2, -0.15) is 0 Å².